The first-order chi connectivity index (χ1) is 8.19. The van der Waals surface area contributed by atoms with Gasteiger partial charge in [0.1, 0.15) is 5.75 Å². The second-order valence-electron chi connectivity index (χ2n) is 3.76. The molecule has 5 heteroatoms. The average Bonchev–Trinajstić information content (AvgIpc) is 2.73. The summed E-state index contributed by atoms with van der Waals surface area (Å²) in [4.78, 5) is 6.94. The average molecular weight is 252 g/mol. The van der Waals surface area contributed by atoms with Gasteiger partial charge in [0.05, 0.1) is 18.3 Å². The van der Waals surface area contributed by atoms with Crippen LogP contribution in [0, 0.1) is 0 Å². The van der Waals surface area contributed by atoms with Gasteiger partial charge in [0.15, 0.2) is 5.95 Å². The van der Waals surface area contributed by atoms with E-state index in [-0.39, 0.29) is 0 Å². The highest BCUT2D eigenvalue weighted by Gasteiger charge is 2.03. The Morgan fingerprint density at radius 2 is 2.24 bits per heavy atom. The first-order valence-electron chi connectivity index (χ1n) is 5.31. The Morgan fingerprint density at radius 3 is 2.82 bits per heavy atom. The smallest absolute Gasteiger partial charge is 0.197 e. The Bertz CT molecular complexity index is 510. The van der Waals surface area contributed by atoms with Gasteiger partial charge in [-0.3, -0.25) is 0 Å². The maximum Gasteiger partial charge on any atom is 0.197 e. The number of methoxy groups -OCH3 is 1. The Kier molecular flexibility index (Phi) is 3.54. The highest BCUT2D eigenvalue weighted by atomic mass is 35.5. The van der Waals surface area contributed by atoms with Crippen LogP contribution in [0.2, 0.25) is 5.02 Å². The van der Waals surface area contributed by atoms with Crippen molar-refractivity contribution in [1.82, 2.24) is 9.97 Å². The van der Waals surface area contributed by atoms with Gasteiger partial charge in [-0.2, -0.15) is 0 Å². The summed E-state index contributed by atoms with van der Waals surface area (Å²) in [6, 6.07) is 5.80. The Morgan fingerprint density at radius 1 is 1.41 bits per heavy atom. The van der Waals surface area contributed by atoms with E-state index in [0.29, 0.717) is 16.7 Å². The van der Waals surface area contributed by atoms with Crippen molar-refractivity contribution in [3.63, 3.8) is 0 Å². The fraction of sp³-hybridized carbons (Fsp3) is 0.250. The van der Waals surface area contributed by atoms with E-state index in [2.05, 4.69) is 9.97 Å². The van der Waals surface area contributed by atoms with Gasteiger partial charge in [0, 0.05) is 5.69 Å². The lowest BCUT2D eigenvalue weighted by Crippen LogP contribution is -1.93. The number of H-pyrrole nitrogens is 1. The molecule has 0 unspecified atom stereocenters. The van der Waals surface area contributed by atoms with Crippen LogP contribution in [-0.2, 0) is 12.8 Å². The highest BCUT2D eigenvalue weighted by Crippen LogP contribution is 2.25. The van der Waals surface area contributed by atoms with E-state index in [1.807, 2.05) is 18.2 Å². The second-order valence-corrected chi connectivity index (χ2v) is 4.17. The summed E-state index contributed by atoms with van der Waals surface area (Å²) in [6.07, 6.45) is 3.48. The predicted molar refractivity (Wildman–Crippen MR) is 68.4 cm³/mol. The van der Waals surface area contributed by atoms with Crippen molar-refractivity contribution in [3.05, 3.63) is 40.7 Å². The molecule has 0 radical (unpaired) electrons. The van der Waals surface area contributed by atoms with E-state index in [9.17, 15) is 0 Å². The molecule has 1 aromatic carbocycles. The molecule has 1 aromatic heterocycles. The van der Waals surface area contributed by atoms with E-state index in [1.165, 1.54) is 0 Å². The molecule has 0 amide bonds. The predicted octanol–water partition coefficient (Wildman–Crippen LogP) is 2.44. The number of benzene rings is 1. The highest BCUT2D eigenvalue weighted by molar-refractivity contribution is 6.32. The number of hydrogen-bond acceptors (Lipinski definition) is 3. The van der Waals surface area contributed by atoms with Crippen molar-refractivity contribution >= 4 is 17.5 Å². The van der Waals surface area contributed by atoms with Crippen molar-refractivity contribution in [2.75, 3.05) is 12.8 Å². The largest absolute Gasteiger partial charge is 0.495 e. The minimum atomic E-state index is 0.452. The number of aryl methyl sites for hydroxylation is 2. The fourth-order valence-corrected chi connectivity index (χ4v) is 1.93. The van der Waals surface area contributed by atoms with Gasteiger partial charge in [-0.25, -0.2) is 4.98 Å². The monoisotopic (exact) mass is 251 g/mol. The first-order valence-corrected chi connectivity index (χ1v) is 5.68. The number of anilines is 1. The van der Waals surface area contributed by atoms with Crippen LogP contribution in [0.25, 0.3) is 0 Å². The van der Waals surface area contributed by atoms with Crippen LogP contribution in [0.1, 0.15) is 11.3 Å². The minimum Gasteiger partial charge on any atom is -0.495 e. The number of halogens is 1. The molecular weight excluding hydrogens is 238 g/mol. The molecule has 0 aliphatic heterocycles. The number of nitrogens with two attached hydrogens (primary N) is 1. The number of aromatic nitrogens is 2. The molecule has 4 nitrogen and oxygen atoms in total. The molecular formula is C12H14ClN3O. The summed E-state index contributed by atoms with van der Waals surface area (Å²) >= 11 is 6.05. The summed E-state index contributed by atoms with van der Waals surface area (Å²) in [5, 5.41) is 0.633. The third-order valence-corrected chi connectivity index (χ3v) is 2.84. The SMILES string of the molecule is COc1ccc(CCc2cnc(N)[nH]2)cc1Cl. The number of rotatable bonds is 4. The normalized spacial score (nSPS) is 10.5. The lowest BCUT2D eigenvalue weighted by molar-refractivity contribution is 0.415. The number of hydrogen-bond donors (Lipinski definition) is 2. The van der Waals surface area contributed by atoms with Crippen molar-refractivity contribution in [2.24, 2.45) is 0 Å². The van der Waals surface area contributed by atoms with Crippen molar-refractivity contribution in [1.29, 1.82) is 0 Å². The molecule has 0 saturated carbocycles. The fourth-order valence-electron chi connectivity index (χ4n) is 1.65. The summed E-state index contributed by atoms with van der Waals surface area (Å²) in [5.41, 5.74) is 7.68. The standard InChI is InChI=1S/C12H14ClN3O/c1-17-11-5-3-8(6-10(11)13)2-4-9-7-15-12(14)16-9/h3,5-7H,2,4H2,1H3,(H3,14,15,16). The van der Waals surface area contributed by atoms with E-state index in [4.69, 9.17) is 22.1 Å². The summed E-state index contributed by atoms with van der Waals surface area (Å²) in [7, 11) is 1.61. The van der Waals surface area contributed by atoms with E-state index < -0.39 is 0 Å². The van der Waals surface area contributed by atoms with Crippen molar-refractivity contribution in [3.8, 4) is 5.75 Å². The molecule has 0 saturated heterocycles. The van der Waals surface area contributed by atoms with Gasteiger partial charge in [0.2, 0.25) is 0 Å². The molecule has 0 aliphatic carbocycles. The second kappa shape index (κ2) is 5.10. The van der Waals surface area contributed by atoms with Gasteiger partial charge in [-0.1, -0.05) is 17.7 Å². The number of imidazole rings is 1. The summed E-state index contributed by atoms with van der Waals surface area (Å²) in [6.45, 7) is 0. The van der Waals surface area contributed by atoms with Gasteiger partial charge >= 0.3 is 0 Å². The van der Waals surface area contributed by atoms with Gasteiger partial charge in [-0.15, -0.1) is 0 Å². The topological polar surface area (TPSA) is 63.9 Å². The van der Waals surface area contributed by atoms with Gasteiger partial charge < -0.3 is 15.5 Å². The van der Waals surface area contributed by atoms with Gasteiger partial charge in [-0.05, 0) is 30.5 Å². The molecule has 2 aromatic rings. The molecule has 0 aliphatic rings. The number of nitrogen functional groups attached to an aromatic ring is 1. The van der Waals surface area contributed by atoms with E-state index in [0.717, 1.165) is 24.1 Å². The van der Waals surface area contributed by atoms with E-state index >= 15 is 0 Å². The minimum absolute atomic E-state index is 0.452. The third kappa shape index (κ3) is 2.91. The Balaban J connectivity index is 2.02. The van der Waals surface area contributed by atoms with Gasteiger partial charge in [0.25, 0.3) is 0 Å². The van der Waals surface area contributed by atoms with Crippen LogP contribution in [-0.4, -0.2) is 17.1 Å². The maximum absolute atomic E-state index is 6.05. The number of nitrogens with zero attached hydrogens (tertiary/aromatic N) is 1. The van der Waals surface area contributed by atoms with Crippen LogP contribution in [0.4, 0.5) is 5.95 Å². The quantitative estimate of drug-likeness (QED) is 0.877. The molecule has 1 heterocycles. The lowest BCUT2D eigenvalue weighted by atomic mass is 10.1. The molecule has 90 valence electrons. The van der Waals surface area contributed by atoms with Crippen LogP contribution in [0.5, 0.6) is 5.75 Å². The summed E-state index contributed by atoms with van der Waals surface area (Å²) in [5.74, 6) is 1.15. The molecule has 0 fully saturated rings. The summed E-state index contributed by atoms with van der Waals surface area (Å²) < 4.78 is 5.10. The third-order valence-electron chi connectivity index (χ3n) is 2.55. The molecule has 2 rings (SSSR count). The first kappa shape index (κ1) is 11.8. The number of ether oxygens (including phenoxy) is 1. The molecule has 0 bridgehead atoms. The van der Waals surface area contributed by atoms with Crippen LogP contribution in [0.15, 0.2) is 24.4 Å². The molecule has 0 spiro atoms. The van der Waals surface area contributed by atoms with Crippen LogP contribution >= 0.6 is 11.6 Å². The Labute approximate surface area is 105 Å². The number of nitrogens with one attached hydrogen (secondary N) is 1. The molecule has 3 N–H and O–H groups in total. The lowest BCUT2D eigenvalue weighted by Gasteiger charge is -2.05. The zero-order valence-electron chi connectivity index (χ0n) is 9.53. The zero-order chi connectivity index (χ0) is 12.3. The maximum atomic E-state index is 6.05. The van der Waals surface area contributed by atoms with Crippen molar-refractivity contribution in [2.45, 2.75) is 12.8 Å². The van der Waals surface area contributed by atoms with Crippen molar-refractivity contribution < 1.29 is 4.74 Å². The number of aromatic amines is 1. The Hall–Kier alpha value is -1.68. The van der Waals surface area contributed by atoms with Crippen LogP contribution in [0.3, 0.4) is 0 Å². The molecule has 17 heavy (non-hydrogen) atoms. The zero-order valence-corrected chi connectivity index (χ0v) is 10.3. The molecule has 0 atom stereocenters. The van der Waals surface area contributed by atoms with Crippen LogP contribution < -0.4 is 10.5 Å². The van der Waals surface area contributed by atoms with E-state index in [1.54, 1.807) is 13.3 Å².